The third kappa shape index (κ3) is 4.88. The molecule has 0 bridgehead atoms. The number of benzene rings is 1. The van der Waals surface area contributed by atoms with Crippen LogP contribution in [0.15, 0.2) is 30.6 Å². The SMILES string of the molecule is Cl.Cn1cc([C@H]2CNC[C@@H]2C(=O)NCCc2ccc(Cl)cc2Cl)cn1. The summed E-state index contributed by atoms with van der Waals surface area (Å²) in [5.74, 6) is 0.159. The number of halogens is 3. The Labute approximate surface area is 163 Å². The summed E-state index contributed by atoms with van der Waals surface area (Å²) in [7, 11) is 1.89. The summed E-state index contributed by atoms with van der Waals surface area (Å²) >= 11 is 12.1. The van der Waals surface area contributed by atoms with Gasteiger partial charge >= 0.3 is 0 Å². The first-order valence-corrected chi connectivity index (χ1v) is 8.71. The van der Waals surface area contributed by atoms with E-state index in [0.29, 0.717) is 29.6 Å². The molecular weight excluding hydrogens is 383 g/mol. The fraction of sp³-hybridized carbons (Fsp3) is 0.412. The predicted octanol–water partition coefficient (Wildman–Crippen LogP) is 2.81. The minimum atomic E-state index is -0.0742. The van der Waals surface area contributed by atoms with Crippen molar-refractivity contribution in [3.63, 3.8) is 0 Å². The molecule has 8 heteroatoms. The van der Waals surface area contributed by atoms with Crippen molar-refractivity contribution in [2.75, 3.05) is 19.6 Å². The molecule has 25 heavy (non-hydrogen) atoms. The number of aryl methyl sites for hydroxylation is 1. The molecule has 0 aliphatic carbocycles. The summed E-state index contributed by atoms with van der Waals surface area (Å²) in [6.45, 7) is 2.04. The molecular formula is C17H21Cl3N4O. The Kier molecular flexibility index (Phi) is 7.14. The number of hydrogen-bond acceptors (Lipinski definition) is 3. The molecule has 1 aliphatic heterocycles. The molecule has 2 atom stereocenters. The highest BCUT2D eigenvalue weighted by Gasteiger charge is 2.34. The van der Waals surface area contributed by atoms with E-state index in [-0.39, 0.29) is 30.2 Å². The number of rotatable bonds is 5. The van der Waals surface area contributed by atoms with Crippen LogP contribution in [0.25, 0.3) is 0 Å². The van der Waals surface area contributed by atoms with Gasteiger partial charge in [-0.2, -0.15) is 5.10 Å². The maximum absolute atomic E-state index is 12.5. The van der Waals surface area contributed by atoms with Gasteiger partial charge in [-0.1, -0.05) is 29.3 Å². The molecule has 1 aliphatic rings. The summed E-state index contributed by atoms with van der Waals surface area (Å²) < 4.78 is 1.77. The Morgan fingerprint density at radius 3 is 2.88 bits per heavy atom. The zero-order valence-electron chi connectivity index (χ0n) is 13.8. The van der Waals surface area contributed by atoms with Crippen LogP contribution in [0.3, 0.4) is 0 Å². The van der Waals surface area contributed by atoms with Crippen LogP contribution in [-0.4, -0.2) is 35.3 Å². The van der Waals surface area contributed by atoms with Crippen LogP contribution in [0.1, 0.15) is 17.0 Å². The lowest BCUT2D eigenvalue weighted by molar-refractivity contribution is -0.124. The van der Waals surface area contributed by atoms with Crippen molar-refractivity contribution >= 4 is 41.5 Å². The third-order valence-corrected chi connectivity index (χ3v) is 5.00. The van der Waals surface area contributed by atoms with E-state index < -0.39 is 0 Å². The minimum Gasteiger partial charge on any atom is -0.355 e. The first-order valence-electron chi connectivity index (χ1n) is 7.95. The van der Waals surface area contributed by atoms with E-state index in [9.17, 15) is 4.79 Å². The van der Waals surface area contributed by atoms with Crippen molar-refractivity contribution in [1.29, 1.82) is 0 Å². The molecule has 2 N–H and O–H groups in total. The molecule has 0 radical (unpaired) electrons. The fourth-order valence-electron chi connectivity index (χ4n) is 3.11. The Bertz CT molecular complexity index is 734. The van der Waals surface area contributed by atoms with Crippen molar-refractivity contribution in [3.8, 4) is 0 Å². The van der Waals surface area contributed by atoms with Gasteiger partial charge in [-0.25, -0.2) is 0 Å². The van der Waals surface area contributed by atoms with Crippen LogP contribution in [-0.2, 0) is 18.3 Å². The summed E-state index contributed by atoms with van der Waals surface area (Å²) in [5, 5.41) is 11.8. The van der Waals surface area contributed by atoms with Crippen molar-refractivity contribution in [2.24, 2.45) is 13.0 Å². The van der Waals surface area contributed by atoms with Crippen LogP contribution in [0.5, 0.6) is 0 Å². The van der Waals surface area contributed by atoms with E-state index in [1.165, 1.54) is 0 Å². The quantitative estimate of drug-likeness (QED) is 0.807. The van der Waals surface area contributed by atoms with Crippen LogP contribution >= 0.6 is 35.6 Å². The topological polar surface area (TPSA) is 59.0 Å². The van der Waals surface area contributed by atoms with Crippen molar-refractivity contribution in [3.05, 3.63) is 51.8 Å². The molecule has 0 saturated carbocycles. The van der Waals surface area contributed by atoms with E-state index in [2.05, 4.69) is 15.7 Å². The van der Waals surface area contributed by atoms with Gasteiger partial charge in [0.25, 0.3) is 0 Å². The average Bonchev–Trinajstić information content (AvgIpc) is 3.17. The van der Waals surface area contributed by atoms with E-state index >= 15 is 0 Å². The lowest BCUT2D eigenvalue weighted by Crippen LogP contribution is -2.35. The minimum absolute atomic E-state index is 0. The molecule has 1 aromatic carbocycles. The summed E-state index contributed by atoms with van der Waals surface area (Å²) in [6, 6.07) is 5.43. The van der Waals surface area contributed by atoms with Crippen molar-refractivity contribution < 1.29 is 4.79 Å². The molecule has 3 rings (SSSR count). The second-order valence-corrected chi connectivity index (χ2v) is 6.94. The Hall–Kier alpha value is -1.27. The van der Waals surface area contributed by atoms with Crippen LogP contribution in [0.4, 0.5) is 0 Å². The molecule has 0 unspecified atom stereocenters. The molecule has 1 saturated heterocycles. The van der Waals surface area contributed by atoms with Gasteiger partial charge in [-0.15, -0.1) is 12.4 Å². The molecule has 5 nitrogen and oxygen atoms in total. The number of carbonyl (C=O) groups is 1. The summed E-state index contributed by atoms with van der Waals surface area (Å²) in [4.78, 5) is 12.5. The van der Waals surface area contributed by atoms with Gasteiger partial charge in [0.2, 0.25) is 5.91 Å². The van der Waals surface area contributed by atoms with E-state index in [4.69, 9.17) is 23.2 Å². The molecule has 1 fully saturated rings. The van der Waals surface area contributed by atoms with Gasteiger partial charge < -0.3 is 10.6 Å². The van der Waals surface area contributed by atoms with E-state index in [0.717, 1.165) is 17.7 Å². The Morgan fingerprint density at radius 2 is 2.20 bits per heavy atom. The van der Waals surface area contributed by atoms with Gasteiger partial charge in [-0.05, 0) is 29.7 Å². The maximum Gasteiger partial charge on any atom is 0.225 e. The first-order chi connectivity index (χ1) is 11.5. The highest BCUT2D eigenvalue weighted by Crippen LogP contribution is 2.28. The molecule has 136 valence electrons. The van der Waals surface area contributed by atoms with Gasteiger partial charge in [0.15, 0.2) is 0 Å². The Balaban J connectivity index is 0.00000225. The lowest BCUT2D eigenvalue weighted by Gasteiger charge is -2.17. The number of carbonyl (C=O) groups excluding carboxylic acids is 1. The van der Waals surface area contributed by atoms with Crippen LogP contribution in [0.2, 0.25) is 10.0 Å². The zero-order chi connectivity index (χ0) is 17.1. The highest BCUT2D eigenvalue weighted by atomic mass is 35.5. The van der Waals surface area contributed by atoms with Gasteiger partial charge in [0.1, 0.15) is 0 Å². The Morgan fingerprint density at radius 1 is 1.40 bits per heavy atom. The fourth-order valence-corrected chi connectivity index (χ4v) is 3.61. The van der Waals surface area contributed by atoms with Crippen LogP contribution in [0, 0.1) is 5.92 Å². The number of nitrogens with zero attached hydrogens (tertiary/aromatic N) is 2. The third-order valence-electron chi connectivity index (χ3n) is 4.41. The number of aromatic nitrogens is 2. The van der Waals surface area contributed by atoms with Gasteiger partial charge in [-0.3, -0.25) is 9.48 Å². The zero-order valence-corrected chi connectivity index (χ0v) is 16.2. The predicted molar refractivity (Wildman–Crippen MR) is 103 cm³/mol. The number of amides is 1. The summed E-state index contributed by atoms with van der Waals surface area (Å²) in [5.41, 5.74) is 2.08. The first kappa shape index (κ1) is 20.0. The summed E-state index contributed by atoms with van der Waals surface area (Å²) in [6.07, 6.45) is 4.50. The van der Waals surface area contributed by atoms with Crippen molar-refractivity contribution in [2.45, 2.75) is 12.3 Å². The molecule has 2 aromatic rings. The van der Waals surface area contributed by atoms with E-state index in [1.807, 2.05) is 31.6 Å². The van der Waals surface area contributed by atoms with Crippen molar-refractivity contribution in [1.82, 2.24) is 20.4 Å². The smallest absolute Gasteiger partial charge is 0.225 e. The largest absolute Gasteiger partial charge is 0.355 e. The second-order valence-electron chi connectivity index (χ2n) is 6.10. The highest BCUT2D eigenvalue weighted by molar-refractivity contribution is 6.35. The monoisotopic (exact) mass is 402 g/mol. The molecule has 0 spiro atoms. The molecule has 1 aromatic heterocycles. The lowest BCUT2D eigenvalue weighted by atomic mass is 9.90. The number of hydrogen-bond donors (Lipinski definition) is 2. The van der Waals surface area contributed by atoms with Crippen LogP contribution < -0.4 is 10.6 Å². The maximum atomic E-state index is 12.5. The van der Waals surface area contributed by atoms with Gasteiger partial charge in [0, 0.05) is 48.8 Å². The normalized spacial score (nSPS) is 19.5. The second kappa shape index (κ2) is 8.90. The van der Waals surface area contributed by atoms with E-state index in [1.54, 1.807) is 10.7 Å². The molecule has 2 heterocycles. The standard InChI is InChI=1S/C17H20Cl2N4O.ClH/c1-23-10-12(7-22-23)14-8-20-9-15(14)17(24)21-5-4-11-2-3-13(18)6-16(11)19;/h2-3,6-7,10,14-15,20H,4-5,8-9H2,1H3,(H,21,24);1H/t14-,15+;/m1./s1. The average molecular weight is 404 g/mol. The number of nitrogens with one attached hydrogen (secondary N) is 2. The molecule has 1 amide bonds. The van der Waals surface area contributed by atoms with Gasteiger partial charge in [0.05, 0.1) is 12.1 Å².